The number of rotatable bonds is 12. The van der Waals surface area contributed by atoms with E-state index in [4.69, 9.17) is 9.47 Å². The molecular weight excluding hydrogens is 424 g/mol. The van der Waals surface area contributed by atoms with Crippen molar-refractivity contribution in [3.63, 3.8) is 0 Å². The number of carbonyl (C=O) groups excluding carboxylic acids is 2. The number of hydrogen-bond acceptors (Lipinski definition) is 6. The molecule has 0 aromatic carbocycles. The molecule has 0 spiro atoms. The summed E-state index contributed by atoms with van der Waals surface area (Å²) in [6.45, 7) is 2.96. The van der Waals surface area contributed by atoms with E-state index in [0.717, 1.165) is 82.5 Å². The van der Waals surface area contributed by atoms with E-state index in [1.807, 2.05) is 21.5 Å². The van der Waals surface area contributed by atoms with E-state index in [2.05, 4.69) is 20.6 Å². The molecule has 2 N–H and O–H groups in total. The third-order valence-corrected chi connectivity index (χ3v) is 6.23. The van der Waals surface area contributed by atoms with Crippen molar-refractivity contribution in [1.82, 2.24) is 29.7 Å². The molecule has 2 aliphatic heterocycles. The highest BCUT2D eigenvalue weighted by molar-refractivity contribution is 5.67. The standard InChI is InChI=1S/C23H34N6O4/c30-22(32-18-8-14-28-16-12-24-20(18)28)26-10-6-4-2-1-3-5-7-11-27-23(31)33-19-9-15-29-17-13-25-21(19)29/h12-13,16-19H,1-11,14-15H2,(H,26,30)(H,27,31)/t18-,19-/m1/s1. The van der Waals surface area contributed by atoms with Crippen LogP contribution in [0.5, 0.6) is 0 Å². The average molecular weight is 459 g/mol. The van der Waals surface area contributed by atoms with Crippen LogP contribution in [0, 0.1) is 0 Å². The van der Waals surface area contributed by atoms with Gasteiger partial charge in [0.15, 0.2) is 12.2 Å². The number of alkyl carbamates (subject to hydrolysis) is 2. The molecule has 0 unspecified atom stereocenters. The Hall–Kier alpha value is -3.04. The van der Waals surface area contributed by atoms with Crippen molar-refractivity contribution in [2.45, 2.75) is 83.1 Å². The van der Waals surface area contributed by atoms with E-state index in [9.17, 15) is 9.59 Å². The van der Waals surface area contributed by atoms with Crippen LogP contribution in [-0.2, 0) is 22.6 Å². The maximum atomic E-state index is 11.9. The molecule has 0 saturated heterocycles. The molecule has 4 rings (SSSR count). The summed E-state index contributed by atoms with van der Waals surface area (Å²) in [7, 11) is 0. The molecule has 2 aromatic rings. The van der Waals surface area contributed by atoms with E-state index < -0.39 is 0 Å². The SMILES string of the molecule is O=C(NCCCCCCCCCNC(=O)O[C@@H]1CCn2ccnc21)O[C@@H]1CCn2ccnc21. The molecule has 2 atom stereocenters. The van der Waals surface area contributed by atoms with Crippen LogP contribution >= 0.6 is 0 Å². The number of amides is 2. The third kappa shape index (κ3) is 6.49. The fraction of sp³-hybridized carbons (Fsp3) is 0.652. The second kappa shape index (κ2) is 11.7. The van der Waals surface area contributed by atoms with Gasteiger partial charge in [0.05, 0.1) is 0 Å². The van der Waals surface area contributed by atoms with E-state index in [-0.39, 0.29) is 24.4 Å². The van der Waals surface area contributed by atoms with Crippen LogP contribution in [0.4, 0.5) is 9.59 Å². The summed E-state index contributed by atoms with van der Waals surface area (Å²) in [4.78, 5) is 32.4. The molecule has 0 fully saturated rings. The topological polar surface area (TPSA) is 112 Å². The molecular formula is C23H34N6O4. The summed E-state index contributed by atoms with van der Waals surface area (Å²) in [5.41, 5.74) is 0. The maximum Gasteiger partial charge on any atom is 0.407 e. The number of fused-ring (bicyclic) bond motifs is 2. The largest absolute Gasteiger partial charge is 0.438 e. The lowest BCUT2D eigenvalue weighted by atomic mass is 10.1. The van der Waals surface area contributed by atoms with Crippen molar-refractivity contribution >= 4 is 12.2 Å². The number of aryl methyl sites for hydroxylation is 2. The highest BCUT2D eigenvalue weighted by Gasteiger charge is 2.27. The van der Waals surface area contributed by atoms with E-state index in [1.165, 1.54) is 0 Å². The summed E-state index contributed by atoms with van der Waals surface area (Å²) in [6, 6.07) is 0. The predicted octanol–water partition coefficient (Wildman–Crippen LogP) is 3.85. The molecule has 180 valence electrons. The smallest absolute Gasteiger partial charge is 0.407 e. The highest BCUT2D eigenvalue weighted by Crippen LogP contribution is 2.28. The predicted molar refractivity (Wildman–Crippen MR) is 120 cm³/mol. The Morgan fingerprint density at radius 1 is 0.758 bits per heavy atom. The Morgan fingerprint density at radius 3 is 1.64 bits per heavy atom. The number of ether oxygens (including phenoxy) is 2. The van der Waals surface area contributed by atoms with Crippen molar-refractivity contribution in [2.75, 3.05) is 13.1 Å². The first-order valence-corrected chi connectivity index (χ1v) is 12.1. The molecule has 0 aliphatic carbocycles. The second-order valence-corrected chi connectivity index (χ2v) is 8.65. The molecule has 10 heteroatoms. The molecule has 2 aromatic heterocycles. The van der Waals surface area contributed by atoms with Crippen molar-refractivity contribution in [2.24, 2.45) is 0 Å². The summed E-state index contributed by atoms with van der Waals surface area (Å²) >= 11 is 0. The molecule has 2 aliphatic rings. The lowest BCUT2D eigenvalue weighted by Gasteiger charge is -2.12. The van der Waals surface area contributed by atoms with Crippen LogP contribution in [0.15, 0.2) is 24.8 Å². The minimum Gasteiger partial charge on any atom is -0.438 e. The van der Waals surface area contributed by atoms with Gasteiger partial charge in [0, 0.05) is 63.8 Å². The minimum atomic E-state index is -0.361. The second-order valence-electron chi connectivity index (χ2n) is 8.65. The monoisotopic (exact) mass is 458 g/mol. The zero-order valence-corrected chi connectivity index (χ0v) is 19.1. The molecule has 2 amide bonds. The van der Waals surface area contributed by atoms with Crippen molar-refractivity contribution in [3.05, 3.63) is 36.4 Å². The van der Waals surface area contributed by atoms with Crippen LogP contribution in [0.25, 0.3) is 0 Å². The Morgan fingerprint density at radius 2 is 1.18 bits per heavy atom. The van der Waals surface area contributed by atoms with Gasteiger partial charge in [0.1, 0.15) is 11.6 Å². The molecule has 0 radical (unpaired) electrons. The van der Waals surface area contributed by atoms with Crippen molar-refractivity contribution < 1.29 is 19.1 Å². The molecule has 0 bridgehead atoms. The van der Waals surface area contributed by atoms with Gasteiger partial charge in [-0.25, -0.2) is 19.6 Å². The van der Waals surface area contributed by atoms with Crippen LogP contribution in [-0.4, -0.2) is 44.4 Å². The van der Waals surface area contributed by atoms with Gasteiger partial charge < -0.3 is 29.2 Å². The Labute approximate surface area is 194 Å². The number of unbranched alkanes of at least 4 members (excludes halogenated alkanes) is 6. The van der Waals surface area contributed by atoms with Gasteiger partial charge in [0.2, 0.25) is 0 Å². The minimum absolute atomic E-state index is 0.233. The Balaban J connectivity index is 0.931. The van der Waals surface area contributed by atoms with E-state index in [1.54, 1.807) is 12.4 Å². The molecule has 0 saturated carbocycles. The normalized spacial score (nSPS) is 18.5. The van der Waals surface area contributed by atoms with Crippen LogP contribution in [0.3, 0.4) is 0 Å². The van der Waals surface area contributed by atoms with Crippen molar-refractivity contribution in [3.8, 4) is 0 Å². The zero-order chi connectivity index (χ0) is 22.9. The summed E-state index contributed by atoms with van der Waals surface area (Å²) in [5.74, 6) is 1.66. The van der Waals surface area contributed by atoms with E-state index >= 15 is 0 Å². The van der Waals surface area contributed by atoms with Crippen LogP contribution < -0.4 is 10.6 Å². The first-order valence-electron chi connectivity index (χ1n) is 12.1. The number of nitrogens with one attached hydrogen (secondary N) is 2. The van der Waals surface area contributed by atoms with E-state index in [0.29, 0.717) is 13.1 Å². The van der Waals surface area contributed by atoms with Gasteiger partial charge in [-0.15, -0.1) is 0 Å². The number of carbonyl (C=O) groups is 2. The number of nitrogens with zero attached hydrogens (tertiary/aromatic N) is 4. The number of imidazole rings is 2. The fourth-order valence-electron chi connectivity index (χ4n) is 4.45. The summed E-state index contributed by atoms with van der Waals surface area (Å²) in [5, 5.41) is 5.67. The van der Waals surface area contributed by atoms with Crippen LogP contribution in [0.2, 0.25) is 0 Å². The first-order chi connectivity index (χ1) is 16.2. The average Bonchev–Trinajstić information content (AvgIpc) is 3.57. The lowest BCUT2D eigenvalue weighted by Crippen LogP contribution is -2.26. The highest BCUT2D eigenvalue weighted by atomic mass is 16.6. The summed E-state index contributed by atoms with van der Waals surface area (Å²) < 4.78 is 15.0. The van der Waals surface area contributed by atoms with Gasteiger partial charge in [-0.2, -0.15) is 0 Å². The quantitative estimate of drug-likeness (QED) is 0.467. The van der Waals surface area contributed by atoms with Crippen LogP contribution in [0.1, 0.15) is 81.6 Å². The Bertz CT molecular complexity index is 838. The number of aromatic nitrogens is 4. The van der Waals surface area contributed by atoms with Gasteiger partial charge in [0.25, 0.3) is 0 Å². The molecule has 33 heavy (non-hydrogen) atoms. The third-order valence-electron chi connectivity index (χ3n) is 6.23. The molecule has 4 heterocycles. The van der Waals surface area contributed by atoms with Gasteiger partial charge in [-0.05, 0) is 12.8 Å². The van der Waals surface area contributed by atoms with Gasteiger partial charge in [-0.3, -0.25) is 0 Å². The van der Waals surface area contributed by atoms with Gasteiger partial charge >= 0.3 is 12.2 Å². The summed E-state index contributed by atoms with van der Waals surface area (Å²) in [6.07, 6.45) is 15.2. The Kier molecular flexibility index (Phi) is 8.21. The lowest BCUT2D eigenvalue weighted by molar-refractivity contribution is 0.0954. The molecule has 10 nitrogen and oxygen atoms in total. The maximum absolute atomic E-state index is 11.9. The van der Waals surface area contributed by atoms with Gasteiger partial charge in [-0.1, -0.05) is 32.1 Å². The first kappa shape index (κ1) is 23.1. The zero-order valence-electron chi connectivity index (χ0n) is 19.1. The fourth-order valence-corrected chi connectivity index (χ4v) is 4.45. The van der Waals surface area contributed by atoms with Crippen molar-refractivity contribution in [1.29, 1.82) is 0 Å². The number of hydrogen-bond donors (Lipinski definition) is 2.